The van der Waals surface area contributed by atoms with Crippen LogP contribution in [0.3, 0.4) is 0 Å². The summed E-state index contributed by atoms with van der Waals surface area (Å²) in [5.74, 6) is 3.09. The van der Waals surface area contributed by atoms with E-state index in [1.807, 2.05) is 48.5 Å². The van der Waals surface area contributed by atoms with Crippen molar-refractivity contribution in [2.75, 3.05) is 0 Å². The summed E-state index contributed by atoms with van der Waals surface area (Å²) in [4.78, 5) is 33.1. The molecule has 0 fully saturated rings. The normalized spacial score (nSPS) is 11.8. The summed E-state index contributed by atoms with van der Waals surface area (Å²) in [6, 6.07) is 148. The van der Waals surface area contributed by atoms with Gasteiger partial charge in [0.15, 0.2) is 29.1 Å². The highest BCUT2D eigenvalue weighted by atomic mass is 15.2. The predicted octanol–water partition coefficient (Wildman–Crippen LogP) is 27.8. The Labute approximate surface area is 689 Å². The first kappa shape index (κ1) is 68.1. The first-order chi connectivity index (χ1) is 59.5. The molecule has 24 aromatic rings. The van der Waals surface area contributed by atoms with Crippen molar-refractivity contribution in [3.8, 4) is 124 Å². The SMILES string of the molecule is c1ccc(-c2ccc(-c3nc(-c4ccccc4)nc(-c4c5ccccc5cc5c6c(-c7ccc(-n8c9ccccc9c9cc(-c%10c%11ccccc%11cc%11c%12ccccc%12n(-c%12ccc%13c(c%12)c%12ccccc%12n%13-c%12ccccc%12)c%10%11)ccc98)cc7)cccc6n(-c6nc(-c7ccccc7)nc(-c7ccc(-c8ccccc8)cc7)n6)c45)n3)cc2)cc1. The molecular formula is C110H68N10. The van der Waals surface area contributed by atoms with Crippen LogP contribution in [0.4, 0.5) is 0 Å². The van der Waals surface area contributed by atoms with Gasteiger partial charge in [-0.15, -0.1) is 0 Å². The van der Waals surface area contributed by atoms with Crippen molar-refractivity contribution in [3.05, 3.63) is 413 Å². The number of benzene rings is 18. The van der Waals surface area contributed by atoms with Gasteiger partial charge in [-0.2, -0.15) is 9.97 Å². The van der Waals surface area contributed by atoms with E-state index in [9.17, 15) is 0 Å². The average Bonchev–Trinajstić information content (AvgIpc) is 1.54. The monoisotopic (exact) mass is 1530 g/mol. The molecule has 0 aliphatic heterocycles. The number of rotatable bonds is 13. The van der Waals surface area contributed by atoms with E-state index in [2.05, 4.69) is 382 Å². The first-order valence-electron chi connectivity index (χ1n) is 40.6. The summed E-state index contributed by atoms with van der Waals surface area (Å²) in [7, 11) is 0. The molecule has 558 valence electrons. The van der Waals surface area contributed by atoms with Gasteiger partial charge in [-0.1, -0.05) is 322 Å². The van der Waals surface area contributed by atoms with E-state index in [1.54, 1.807) is 0 Å². The molecule has 10 nitrogen and oxygen atoms in total. The van der Waals surface area contributed by atoms with Gasteiger partial charge in [0.05, 0.1) is 49.7 Å². The van der Waals surface area contributed by atoms with Crippen molar-refractivity contribution in [1.29, 1.82) is 0 Å². The second-order valence-corrected chi connectivity index (χ2v) is 30.9. The van der Waals surface area contributed by atoms with Gasteiger partial charge < -0.3 is 13.7 Å². The number of aromatic nitrogens is 10. The van der Waals surface area contributed by atoms with Crippen LogP contribution in [0.2, 0.25) is 0 Å². The quantitative estimate of drug-likeness (QED) is 0.114. The van der Waals surface area contributed by atoms with E-state index in [4.69, 9.17) is 29.9 Å². The average molecular weight is 1530 g/mol. The molecule has 0 aliphatic rings. The summed E-state index contributed by atoms with van der Waals surface area (Å²) in [5.41, 5.74) is 24.9. The Hall–Kier alpha value is -16.3. The van der Waals surface area contributed by atoms with Crippen LogP contribution in [0.15, 0.2) is 413 Å². The Bertz CT molecular complexity index is 8220. The third kappa shape index (κ3) is 11.1. The number of para-hydroxylation sites is 4. The summed E-state index contributed by atoms with van der Waals surface area (Å²) >= 11 is 0. The van der Waals surface area contributed by atoms with Crippen molar-refractivity contribution < 1.29 is 0 Å². The Morgan fingerprint density at radius 2 is 0.517 bits per heavy atom. The van der Waals surface area contributed by atoms with Crippen molar-refractivity contribution in [2.24, 2.45) is 0 Å². The van der Waals surface area contributed by atoms with Crippen molar-refractivity contribution >= 4 is 109 Å². The maximum atomic E-state index is 5.63. The molecule has 0 spiro atoms. The van der Waals surface area contributed by atoms with Crippen molar-refractivity contribution in [1.82, 2.24) is 48.2 Å². The Balaban J connectivity index is 0.701. The van der Waals surface area contributed by atoms with Crippen molar-refractivity contribution in [2.45, 2.75) is 0 Å². The molecule has 0 atom stereocenters. The molecule has 0 amide bonds. The van der Waals surface area contributed by atoms with Crippen LogP contribution >= 0.6 is 0 Å². The van der Waals surface area contributed by atoms with Gasteiger partial charge >= 0.3 is 0 Å². The van der Waals surface area contributed by atoms with Gasteiger partial charge in [-0.05, 0) is 151 Å². The zero-order chi connectivity index (χ0) is 78.9. The molecule has 18 aromatic carbocycles. The Kier molecular flexibility index (Phi) is 15.7. The smallest absolute Gasteiger partial charge is 0.238 e. The van der Waals surface area contributed by atoms with Gasteiger partial charge in [0.25, 0.3) is 0 Å². The third-order valence-corrected chi connectivity index (χ3v) is 24.1. The fourth-order valence-corrected chi connectivity index (χ4v) is 18.6. The lowest BCUT2D eigenvalue weighted by atomic mass is 9.93. The van der Waals surface area contributed by atoms with E-state index in [0.29, 0.717) is 35.1 Å². The number of hydrogen-bond donors (Lipinski definition) is 0. The van der Waals surface area contributed by atoms with Crippen LogP contribution in [0.25, 0.3) is 233 Å². The molecule has 6 aromatic heterocycles. The van der Waals surface area contributed by atoms with E-state index >= 15 is 0 Å². The zero-order valence-electron chi connectivity index (χ0n) is 64.7. The second kappa shape index (κ2) is 27.7. The first-order valence-corrected chi connectivity index (χ1v) is 40.6. The highest BCUT2D eigenvalue weighted by Gasteiger charge is 2.29. The zero-order valence-corrected chi connectivity index (χ0v) is 64.7. The lowest BCUT2D eigenvalue weighted by Crippen LogP contribution is -2.08. The van der Waals surface area contributed by atoms with Gasteiger partial charge in [-0.25, -0.2) is 19.9 Å². The highest BCUT2D eigenvalue weighted by molar-refractivity contribution is 6.25. The highest BCUT2D eigenvalue weighted by Crippen LogP contribution is 2.49. The molecule has 0 saturated heterocycles. The lowest BCUT2D eigenvalue weighted by Gasteiger charge is -2.16. The van der Waals surface area contributed by atoms with Crippen LogP contribution < -0.4 is 0 Å². The summed E-state index contributed by atoms with van der Waals surface area (Å²) in [6.07, 6.45) is 0. The molecule has 0 unspecified atom stereocenters. The maximum absolute atomic E-state index is 5.63. The number of hydrogen-bond acceptors (Lipinski definition) is 6. The van der Waals surface area contributed by atoms with Gasteiger partial charge in [0, 0.05) is 88.0 Å². The minimum absolute atomic E-state index is 0.437. The van der Waals surface area contributed by atoms with Gasteiger partial charge in [0.1, 0.15) is 0 Å². The van der Waals surface area contributed by atoms with Gasteiger partial charge in [-0.3, -0.25) is 4.57 Å². The topological polar surface area (TPSA) is 97.1 Å². The summed E-state index contributed by atoms with van der Waals surface area (Å²) in [5, 5.41) is 13.5. The van der Waals surface area contributed by atoms with Crippen LogP contribution in [0, 0.1) is 0 Å². The predicted molar refractivity (Wildman–Crippen MR) is 495 cm³/mol. The molecule has 6 heterocycles. The molecule has 0 radical (unpaired) electrons. The van der Waals surface area contributed by atoms with Crippen LogP contribution in [-0.2, 0) is 0 Å². The fourth-order valence-electron chi connectivity index (χ4n) is 18.6. The van der Waals surface area contributed by atoms with E-state index in [1.165, 1.54) is 54.3 Å². The molecule has 0 saturated carbocycles. The molecule has 120 heavy (non-hydrogen) atoms. The van der Waals surface area contributed by atoms with E-state index in [0.717, 1.165) is 144 Å². The van der Waals surface area contributed by atoms with Crippen LogP contribution in [0.1, 0.15) is 0 Å². The maximum Gasteiger partial charge on any atom is 0.238 e. The molecular weight excluding hydrogens is 1460 g/mol. The second-order valence-electron chi connectivity index (χ2n) is 30.9. The number of fused-ring (bicyclic) bond motifs is 14. The standard InChI is InChI=1S/C110H68N10/c1-6-27-69(28-7-1)71-49-53-76(54-50-71)106-111-105(74-31-10-3-11-32-74)113-109(114-106)102-86-40-19-17-36-79(86)66-93-101-84(44-26-48-99(101)120(104(93)102)110-115-107(75-33-12-4-13-34-75)112-108(116-110)77-55-51-72(52-56-77)70-29-8-2-9-30-70)73-57-60-82(61-58-73)118-94-45-23-20-41-87(94)90-67-80(59-63-97(90)118)100-85-39-18-16-35-78(85)65-92-89-43-22-25-47-96(89)119(103(92)100)83-62-64-98-91(68-83)88-42-21-24-46-95(88)117(98)81-37-14-5-15-38-81/h1-68H. The van der Waals surface area contributed by atoms with Crippen LogP contribution in [0.5, 0.6) is 0 Å². The van der Waals surface area contributed by atoms with E-state index in [-0.39, 0.29) is 0 Å². The van der Waals surface area contributed by atoms with Crippen molar-refractivity contribution in [3.63, 3.8) is 0 Å². The molecule has 10 heteroatoms. The summed E-state index contributed by atoms with van der Waals surface area (Å²) in [6.45, 7) is 0. The lowest BCUT2D eigenvalue weighted by molar-refractivity contribution is 0.953. The summed E-state index contributed by atoms with van der Waals surface area (Å²) < 4.78 is 9.58. The molecule has 24 rings (SSSR count). The van der Waals surface area contributed by atoms with Gasteiger partial charge in [0.2, 0.25) is 5.95 Å². The van der Waals surface area contributed by atoms with Crippen LogP contribution in [-0.4, -0.2) is 48.2 Å². The molecule has 0 aliphatic carbocycles. The third-order valence-electron chi connectivity index (χ3n) is 24.1. The fraction of sp³-hybridized carbons (Fsp3) is 0. The number of nitrogens with zero attached hydrogens (tertiary/aromatic N) is 10. The molecule has 0 bridgehead atoms. The minimum Gasteiger partial charge on any atom is -0.309 e. The molecule has 0 N–H and O–H groups in total. The van der Waals surface area contributed by atoms with E-state index < -0.39 is 0 Å². The Morgan fingerprint density at radius 1 is 0.167 bits per heavy atom. The minimum atomic E-state index is 0.437. The largest absolute Gasteiger partial charge is 0.309 e. The Morgan fingerprint density at radius 3 is 1.07 bits per heavy atom.